The number of phenols is 1. The molecular weight excluding hydrogens is 294 g/mol. The summed E-state index contributed by atoms with van der Waals surface area (Å²) in [6.07, 6.45) is 0.979. The van der Waals surface area contributed by atoms with Gasteiger partial charge < -0.3 is 10.4 Å². The van der Waals surface area contributed by atoms with E-state index in [1.54, 1.807) is 25.1 Å². The van der Waals surface area contributed by atoms with E-state index in [1.165, 1.54) is 0 Å². The van der Waals surface area contributed by atoms with E-state index >= 15 is 0 Å². The van der Waals surface area contributed by atoms with Crippen molar-refractivity contribution in [3.63, 3.8) is 0 Å². The summed E-state index contributed by atoms with van der Waals surface area (Å²) in [6, 6.07) is 5.18. The molecule has 0 saturated carbocycles. The standard InChI is InChI=1S/C14H20BrNO2/c1-10-5-4-6-11(12(10)17)13(18)16-9-14(2,3)7-8-15/h4-6,17H,7-9H2,1-3H3,(H,16,18). The van der Waals surface area contributed by atoms with Crippen molar-refractivity contribution in [3.8, 4) is 5.75 Å². The Bertz CT molecular complexity index is 430. The second-order valence-electron chi connectivity index (χ2n) is 5.26. The summed E-state index contributed by atoms with van der Waals surface area (Å²) in [5, 5.41) is 13.6. The molecule has 0 aliphatic rings. The maximum absolute atomic E-state index is 12.0. The fraction of sp³-hybridized carbons (Fsp3) is 0.500. The van der Waals surface area contributed by atoms with E-state index in [1.807, 2.05) is 0 Å². The second kappa shape index (κ2) is 6.23. The van der Waals surface area contributed by atoms with Gasteiger partial charge in [0.1, 0.15) is 5.75 Å². The Kier molecular flexibility index (Phi) is 5.20. The van der Waals surface area contributed by atoms with Crippen LogP contribution in [0.1, 0.15) is 36.2 Å². The average Bonchev–Trinajstić information content (AvgIpc) is 2.30. The molecule has 1 aromatic rings. The largest absolute Gasteiger partial charge is 0.507 e. The molecule has 18 heavy (non-hydrogen) atoms. The third-order valence-corrected chi connectivity index (χ3v) is 3.38. The summed E-state index contributed by atoms with van der Waals surface area (Å²) in [7, 11) is 0. The van der Waals surface area contributed by atoms with Crippen LogP contribution in [0.5, 0.6) is 5.75 Å². The molecule has 3 nitrogen and oxygen atoms in total. The predicted octanol–water partition coefficient (Wildman–Crippen LogP) is 3.24. The molecule has 1 rings (SSSR count). The molecular formula is C14H20BrNO2. The Labute approximate surface area is 117 Å². The zero-order chi connectivity index (χ0) is 13.8. The van der Waals surface area contributed by atoms with Crippen LogP contribution < -0.4 is 5.32 Å². The normalized spacial score (nSPS) is 11.3. The fourth-order valence-corrected chi connectivity index (χ4v) is 2.67. The van der Waals surface area contributed by atoms with Crippen LogP contribution in [-0.2, 0) is 0 Å². The minimum Gasteiger partial charge on any atom is -0.507 e. The predicted molar refractivity (Wildman–Crippen MR) is 77.4 cm³/mol. The molecule has 1 amide bonds. The van der Waals surface area contributed by atoms with Crippen molar-refractivity contribution in [3.05, 3.63) is 29.3 Å². The molecule has 1 aromatic carbocycles. The summed E-state index contributed by atoms with van der Waals surface area (Å²) in [5.74, 6) is -0.160. The van der Waals surface area contributed by atoms with Crippen LogP contribution in [0.2, 0.25) is 0 Å². The molecule has 0 spiro atoms. The average molecular weight is 314 g/mol. The lowest BCUT2D eigenvalue weighted by Crippen LogP contribution is -2.34. The third kappa shape index (κ3) is 4.02. The van der Waals surface area contributed by atoms with Gasteiger partial charge in [-0.2, -0.15) is 0 Å². The van der Waals surface area contributed by atoms with Crippen molar-refractivity contribution in [2.75, 3.05) is 11.9 Å². The lowest BCUT2D eigenvalue weighted by Gasteiger charge is -2.24. The molecule has 0 bridgehead atoms. The second-order valence-corrected chi connectivity index (χ2v) is 6.05. The maximum Gasteiger partial charge on any atom is 0.255 e. The molecule has 4 heteroatoms. The Morgan fingerprint density at radius 2 is 2.11 bits per heavy atom. The number of alkyl halides is 1. The van der Waals surface area contributed by atoms with Gasteiger partial charge in [-0.3, -0.25) is 4.79 Å². The number of phenolic OH excluding ortho intramolecular Hbond substituents is 1. The molecule has 0 fully saturated rings. The van der Waals surface area contributed by atoms with Gasteiger partial charge in [0.15, 0.2) is 0 Å². The van der Waals surface area contributed by atoms with Gasteiger partial charge in [0.2, 0.25) is 0 Å². The van der Waals surface area contributed by atoms with Crippen LogP contribution in [0.15, 0.2) is 18.2 Å². The minimum atomic E-state index is -0.223. The molecule has 100 valence electrons. The highest BCUT2D eigenvalue weighted by Gasteiger charge is 2.19. The van der Waals surface area contributed by atoms with Crippen LogP contribution in [0.25, 0.3) is 0 Å². The molecule has 0 unspecified atom stereocenters. The number of para-hydroxylation sites is 1. The first-order chi connectivity index (χ1) is 8.37. The number of aryl methyl sites for hydroxylation is 1. The molecule has 2 N–H and O–H groups in total. The highest BCUT2D eigenvalue weighted by molar-refractivity contribution is 9.09. The summed E-state index contributed by atoms with van der Waals surface area (Å²) in [4.78, 5) is 12.0. The summed E-state index contributed by atoms with van der Waals surface area (Å²) < 4.78 is 0. The molecule has 0 saturated heterocycles. The van der Waals surface area contributed by atoms with Gasteiger partial charge in [-0.15, -0.1) is 0 Å². The Hall–Kier alpha value is -1.03. The first-order valence-electron chi connectivity index (χ1n) is 6.00. The van der Waals surface area contributed by atoms with Gasteiger partial charge in [0.25, 0.3) is 5.91 Å². The molecule has 0 radical (unpaired) electrons. The van der Waals surface area contributed by atoms with Crippen molar-refractivity contribution in [2.45, 2.75) is 27.2 Å². The van der Waals surface area contributed by atoms with Gasteiger partial charge in [-0.05, 0) is 30.4 Å². The number of carbonyl (C=O) groups excluding carboxylic acids is 1. The number of nitrogens with one attached hydrogen (secondary N) is 1. The van der Waals surface area contributed by atoms with Crippen LogP contribution in [-0.4, -0.2) is 22.9 Å². The van der Waals surface area contributed by atoms with Crippen molar-refractivity contribution < 1.29 is 9.90 Å². The van der Waals surface area contributed by atoms with Crippen LogP contribution in [0.3, 0.4) is 0 Å². The Balaban J connectivity index is 2.69. The first-order valence-corrected chi connectivity index (χ1v) is 7.12. The topological polar surface area (TPSA) is 49.3 Å². The van der Waals surface area contributed by atoms with Crippen molar-refractivity contribution >= 4 is 21.8 Å². The van der Waals surface area contributed by atoms with Gasteiger partial charge >= 0.3 is 0 Å². The molecule has 0 heterocycles. The number of rotatable bonds is 5. The van der Waals surface area contributed by atoms with Gasteiger partial charge in [-0.25, -0.2) is 0 Å². The summed E-state index contributed by atoms with van der Waals surface area (Å²) >= 11 is 3.41. The zero-order valence-electron chi connectivity index (χ0n) is 11.1. The highest BCUT2D eigenvalue weighted by atomic mass is 79.9. The van der Waals surface area contributed by atoms with Gasteiger partial charge in [0.05, 0.1) is 5.56 Å². The number of carbonyl (C=O) groups is 1. The number of aromatic hydroxyl groups is 1. The van der Waals surface area contributed by atoms with Crippen LogP contribution in [0.4, 0.5) is 0 Å². The summed E-state index contributed by atoms with van der Waals surface area (Å²) in [6.45, 7) is 6.57. The van der Waals surface area contributed by atoms with Crippen molar-refractivity contribution in [1.82, 2.24) is 5.32 Å². The van der Waals surface area contributed by atoms with E-state index in [-0.39, 0.29) is 17.1 Å². The molecule has 0 aliphatic carbocycles. The van der Waals surface area contributed by atoms with Crippen LogP contribution in [0, 0.1) is 12.3 Å². The van der Waals surface area contributed by atoms with E-state index in [2.05, 4.69) is 35.1 Å². The van der Waals surface area contributed by atoms with E-state index in [4.69, 9.17) is 0 Å². The summed E-state index contributed by atoms with van der Waals surface area (Å²) in [5.41, 5.74) is 1.09. The number of halogens is 1. The first kappa shape index (κ1) is 15.0. The number of hydrogen-bond acceptors (Lipinski definition) is 2. The quantitative estimate of drug-likeness (QED) is 0.820. The van der Waals surface area contributed by atoms with E-state index < -0.39 is 0 Å². The van der Waals surface area contributed by atoms with E-state index in [9.17, 15) is 9.90 Å². The number of benzene rings is 1. The van der Waals surface area contributed by atoms with Gasteiger partial charge in [0, 0.05) is 11.9 Å². The highest BCUT2D eigenvalue weighted by Crippen LogP contribution is 2.23. The fourth-order valence-electron chi connectivity index (χ4n) is 1.60. The smallest absolute Gasteiger partial charge is 0.255 e. The zero-order valence-corrected chi connectivity index (χ0v) is 12.7. The SMILES string of the molecule is Cc1cccc(C(=O)NCC(C)(C)CCBr)c1O. The lowest BCUT2D eigenvalue weighted by atomic mass is 9.90. The minimum absolute atomic E-state index is 0.0403. The molecule has 0 aromatic heterocycles. The van der Waals surface area contributed by atoms with Crippen LogP contribution >= 0.6 is 15.9 Å². The van der Waals surface area contributed by atoms with Crippen molar-refractivity contribution in [1.29, 1.82) is 0 Å². The third-order valence-electron chi connectivity index (χ3n) is 2.98. The Morgan fingerprint density at radius 3 is 2.72 bits per heavy atom. The van der Waals surface area contributed by atoms with Crippen molar-refractivity contribution in [2.24, 2.45) is 5.41 Å². The van der Waals surface area contributed by atoms with E-state index in [0.29, 0.717) is 17.7 Å². The lowest BCUT2D eigenvalue weighted by molar-refractivity contribution is 0.0933. The number of amides is 1. The maximum atomic E-state index is 12.0. The number of hydrogen-bond donors (Lipinski definition) is 2. The monoisotopic (exact) mass is 313 g/mol. The molecule has 0 atom stereocenters. The van der Waals surface area contributed by atoms with E-state index in [0.717, 1.165) is 11.8 Å². The Morgan fingerprint density at radius 1 is 1.44 bits per heavy atom. The molecule has 0 aliphatic heterocycles. The van der Waals surface area contributed by atoms with Gasteiger partial charge in [-0.1, -0.05) is 41.9 Å².